The van der Waals surface area contributed by atoms with Gasteiger partial charge in [-0.3, -0.25) is 0 Å². The number of esters is 1. The molecule has 0 saturated carbocycles. The molecule has 1 aromatic rings. The summed E-state index contributed by atoms with van der Waals surface area (Å²) in [6.45, 7) is 3.36. The van der Waals surface area contributed by atoms with Gasteiger partial charge in [-0.25, -0.2) is 4.79 Å². The minimum absolute atomic E-state index is 0.268. The second-order valence-electron chi connectivity index (χ2n) is 2.50. The van der Waals surface area contributed by atoms with Gasteiger partial charge in [0.25, 0.3) is 0 Å². The Labute approximate surface area is 79.9 Å². The average Bonchev–Trinajstić information content (AvgIpc) is 2.51. The van der Waals surface area contributed by atoms with Crippen LogP contribution >= 0.6 is 11.5 Å². The third kappa shape index (κ3) is 2.53. The highest BCUT2D eigenvalue weighted by atomic mass is 32.1. The summed E-state index contributed by atoms with van der Waals surface area (Å²) in [6, 6.07) is 3.44. The van der Waals surface area contributed by atoms with Crippen LogP contribution in [-0.4, -0.2) is 16.4 Å². The second kappa shape index (κ2) is 4.01. The Bertz CT molecular complexity index is 353. The molecule has 1 unspecified atom stereocenters. The van der Waals surface area contributed by atoms with Crippen LogP contribution in [0.1, 0.15) is 22.3 Å². The maximum Gasteiger partial charge on any atom is 0.359 e. The van der Waals surface area contributed by atoms with E-state index < -0.39 is 12.1 Å². The highest BCUT2D eigenvalue weighted by Gasteiger charge is 2.13. The molecule has 0 N–H and O–H groups in total. The normalized spacial score (nSPS) is 11.8. The van der Waals surface area contributed by atoms with Gasteiger partial charge in [-0.05, 0) is 31.4 Å². The smallest absolute Gasteiger partial charge is 0.359 e. The van der Waals surface area contributed by atoms with Gasteiger partial charge >= 0.3 is 5.97 Å². The van der Waals surface area contributed by atoms with Crippen molar-refractivity contribution in [2.24, 2.45) is 0 Å². The van der Waals surface area contributed by atoms with Crippen LogP contribution in [0.2, 0.25) is 0 Å². The fourth-order valence-electron chi connectivity index (χ4n) is 0.710. The van der Waals surface area contributed by atoms with Gasteiger partial charge in [-0.1, -0.05) is 0 Å². The Morgan fingerprint density at radius 3 is 3.00 bits per heavy atom. The van der Waals surface area contributed by atoms with Crippen LogP contribution in [0, 0.1) is 18.3 Å². The van der Waals surface area contributed by atoms with Crippen LogP contribution in [0.3, 0.4) is 0 Å². The summed E-state index contributed by atoms with van der Waals surface area (Å²) in [5.41, 5.74) is 0.268. The molecule has 1 aromatic heterocycles. The van der Waals surface area contributed by atoms with Gasteiger partial charge in [-0.2, -0.15) is 9.64 Å². The molecule has 0 saturated heterocycles. The first kappa shape index (κ1) is 9.68. The molecule has 1 rings (SSSR count). The molecule has 1 heterocycles. The van der Waals surface area contributed by atoms with Gasteiger partial charge < -0.3 is 4.74 Å². The molecule has 1 atom stereocenters. The zero-order valence-corrected chi connectivity index (χ0v) is 8.09. The molecule has 0 amide bonds. The van der Waals surface area contributed by atoms with Gasteiger partial charge in [0, 0.05) is 4.88 Å². The van der Waals surface area contributed by atoms with Crippen molar-refractivity contribution in [1.82, 2.24) is 4.37 Å². The van der Waals surface area contributed by atoms with E-state index in [1.807, 2.05) is 6.92 Å². The number of hydrogen-bond acceptors (Lipinski definition) is 5. The largest absolute Gasteiger partial charge is 0.442 e. The number of nitrogens with zero attached hydrogens (tertiary/aromatic N) is 2. The zero-order valence-electron chi connectivity index (χ0n) is 7.27. The lowest BCUT2D eigenvalue weighted by Gasteiger charge is -2.02. The lowest BCUT2D eigenvalue weighted by Crippen LogP contribution is -2.13. The summed E-state index contributed by atoms with van der Waals surface area (Å²) >= 11 is 1.23. The number of ether oxygens (including phenoxy) is 1. The number of nitriles is 1. The molecule has 5 heteroatoms. The summed E-state index contributed by atoms with van der Waals surface area (Å²) in [4.78, 5) is 12.1. The van der Waals surface area contributed by atoms with E-state index in [1.54, 1.807) is 12.1 Å². The topological polar surface area (TPSA) is 63.0 Å². The predicted octanol–water partition coefficient (Wildman–Crippen LogP) is 1.52. The Balaban J connectivity index is 2.65. The van der Waals surface area contributed by atoms with Crippen LogP contribution in [0.5, 0.6) is 0 Å². The van der Waals surface area contributed by atoms with Gasteiger partial charge in [0.15, 0.2) is 11.8 Å². The molecule has 0 radical (unpaired) electrons. The Morgan fingerprint density at radius 1 is 1.85 bits per heavy atom. The van der Waals surface area contributed by atoms with Crippen molar-refractivity contribution in [2.75, 3.05) is 0 Å². The fraction of sp³-hybridized carbons (Fsp3) is 0.375. The van der Waals surface area contributed by atoms with E-state index in [9.17, 15) is 4.79 Å². The predicted molar refractivity (Wildman–Crippen MR) is 47.3 cm³/mol. The molecular weight excluding hydrogens is 188 g/mol. The third-order valence-electron chi connectivity index (χ3n) is 1.30. The van der Waals surface area contributed by atoms with Crippen molar-refractivity contribution >= 4 is 17.5 Å². The zero-order chi connectivity index (χ0) is 9.84. The number of carbonyl (C=O) groups is 1. The molecule has 68 valence electrons. The van der Waals surface area contributed by atoms with E-state index >= 15 is 0 Å². The number of aromatic nitrogens is 1. The molecule has 0 fully saturated rings. The molecule has 0 spiro atoms. The highest BCUT2D eigenvalue weighted by Crippen LogP contribution is 2.09. The van der Waals surface area contributed by atoms with Crippen molar-refractivity contribution in [2.45, 2.75) is 20.0 Å². The monoisotopic (exact) mass is 196 g/mol. The fourth-order valence-corrected chi connectivity index (χ4v) is 1.24. The van der Waals surface area contributed by atoms with Crippen molar-refractivity contribution in [1.29, 1.82) is 5.26 Å². The first-order chi connectivity index (χ1) is 6.13. The van der Waals surface area contributed by atoms with Gasteiger partial charge in [0.05, 0.1) is 0 Å². The van der Waals surface area contributed by atoms with Crippen LogP contribution in [-0.2, 0) is 4.74 Å². The van der Waals surface area contributed by atoms with Gasteiger partial charge in [-0.15, -0.1) is 0 Å². The van der Waals surface area contributed by atoms with E-state index in [2.05, 4.69) is 4.37 Å². The van der Waals surface area contributed by atoms with E-state index in [0.717, 1.165) is 4.88 Å². The molecule has 13 heavy (non-hydrogen) atoms. The molecule has 0 aliphatic heterocycles. The minimum Gasteiger partial charge on any atom is -0.442 e. The lowest BCUT2D eigenvalue weighted by atomic mass is 10.4. The Hall–Kier alpha value is -1.41. The van der Waals surface area contributed by atoms with Crippen molar-refractivity contribution < 1.29 is 9.53 Å². The van der Waals surface area contributed by atoms with Crippen LogP contribution in [0.4, 0.5) is 0 Å². The van der Waals surface area contributed by atoms with E-state index in [0.29, 0.717) is 0 Å². The molecule has 4 nitrogen and oxygen atoms in total. The minimum atomic E-state index is -0.727. The third-order valence-corrected chi connectivity index (χ3v) is 2.00. The quantitative estimate of drug-likeness (QED) is 0.673. The standard InChI is InChI=1S/C8H8N2O2S/c1-5(4-9)12-8(11)7-3-6(2)13-10-7/h3,5H,1-2H3. The van der Waals surface area contributed by atoms with E-state index in [1.165, 1.54) is 18.5 Å². The maximum atomic E-state index is 11.2. The van der Waals surface area contributed by atoms with E-state index in [4.69, 9.17) is 10.00 Å². The molecule has 0 aliphatic carbocycles. The number of rotatable bonds is 2. The summed E-state index contributed by atoms with van der Waals surface area (Å²) in [5.74, 6) is -0.543. The van der Waals surface area contributed by atoms with Crippen molar-refractivity contribution in [3.63, 3.8) is 0 Å². The average molecular weight is 196 g/mol. The highest BCUT2D eigenvalue weighted by molar-refractivity contribution is 7.05. The summed E-state index contributed by atoms with van der Waals surface area (Å²) in [7, 11) is 0. The van der Waals surface area contributed by atoms with Crippen molar-refractivity contribution in [3.05, 3.63) is 16.6 Å². The second-order valence-corrected chi connectivity index (χ2v) is 3.51. The molecular formula is C8H8N2O2S. The number of aryl methyl sites for hydroxylation is 1. The maximum absolute atomic E-state index is 11.2. The van der Waals surface area contributed by atoms with Crippen molar-refractivity contribution in [3.8, 4) is 6.07 Å². The van der Waals surface area contributed by atoms with Gasteiger partial charge in [0.2, 0.25) is 0 Å². The molecule has 0 bridgehead atoms. The number of hydrogen-bond donors (Lipinski definition) is 0. The SMILES string of the molecule is Cc1cc(C(=O)OC(C)C#N)ns1. The van der Waals surface area contributed by atoms with E-state index in [-0.39, 0.29) is 5.69 Å². The van der Waals surface area contributed by atoms with Crippen LogP contribution < -0.4 is 0 Å². The molecule has 0 aromatic carbocycles. The first-order valence-electron chi connectivity index (χ1n) is 3.67. The van der Waals surface area contributed by atoms with Crippen LogP contribution in [0.25, 0.3) is 0 Å². The Kier molecular flexibility index (Phi) is 2.98. The Morgan fingerprint density at radius 2 is 2.54 bits per heavy atom. The lowest BCUT2D eigenvalue weighted by molar-refractivity contribution is 0.0430. The first-order valence-corrected chi connectivity index (χ1v) is 4.44. The summed E-state index contributed by atoms with van der Waals surface area (Å²) < 4.78 is 8.60. The van der Waals surface area contributed by atoms with Crippen LogP contribution in [0.15, 0.2) is 6.07 Å². The summed E-state index contributed by atoms with van der Waals surface area (Å²) in [5, 5.41) is 8.39. The van der Waals surface area contributed by atoms with Gasteiger partial charge in [0.1, 0.15) is 6.07 Å². The summed E-state index contributed by atoms with van der Waals surface area (Å²) in [6.07, 6.45) is -0.727. The molecule has 0 aliphatic rings. The number of carbonyl (C=O) groups excluding carboxylic acids is 1.